The van der Waals surface area contributed by atoms with Crippen LogP contribution in [0.5, 0.6) is 0 Å². The smallest absolute Gasteiger partial charge is 0.431 e. The Hall–Kier alpha value is -0.970. The first-order chi connectivity index (χ1) is 13.7. The van der Waals surface area contributed by atoms with Crippen LogP contribution in [0.3, 0.4) is 0 Å². The molecule has 0 bridgehead atoms. The van der Waals surface area contributed by atoms with E-state index in [1.54, 1.807) is 6.92 Å². The first-order valence-corrected chi connectivity index (χ1v) is 9.89. The van der Waals surface area contributed by atoms with Gasteiger partial charge in [-0.1, -0.05) is 0 Å². The Bertz CT molecular complexity index is 424. The summed E-state index contributed by atoms with van der Waals surface area (Å²) in [6.45, 7) is 6.81. The van der Waals surface area contributed by atoms with Gasteiger partial charge in [0.15, 0.2) is 0 Å². The number of carbonyl (C=O) groups excluding carboxylic acids is 3. The fraction of sp³-hybridized carbons (Fsp3) is 0.882. The lowest BCUT2D eigenvalue weighted by Crippen LogP contribution is -2.28. The van der Waals surface area contributed by atoms with Crippen molar-refractivity contribution in [3.05, 3.63) is 0 Å². The van der Waals surface area contributed by atoms with Crippen LogP contribution < -0.4 is 0 Å². The molecule has 10 nitrogen and oxygen atoms in total. The number of aliphatic hydroxyl groups is 2. The van der Waals surface area contributed by atoms with Gasteiger partial charge in [0.05, 0.1) is 56.5 Å². The molecule has 2 heterocycles. The van der Waals surface area contributed by atoms with Crippen molar-refractivity contribution in [3.8, 4) is 0 Å². The molecule has 0 aliphatic carbocycles. The summed E-state index contributed by atoms with van der Waals surface area (Å²) in [5.41, 5.74) is 0. The first-order valence-electron chi connectivity index (χ1n) is 8.82. The van der Waals surface area contributed by atoms with Crippen molar-refractivity contribution in [1.29, 1.82) is 0 Å². The third kappa shape index (κ3) is 27.0. The molecule has 12 heteroatoms. The minimum absolute atomic E-state index is 0.0623. The molecule has 0 spiro atoms. The van der Waals surface area contributed by atoms with Crippen molar-refractivity contribution in [2.24, 2.45) is 0 Å². The third-order valence-electron chi connectivity index (χ3n) is 2.76. The van der Waals surface area contributed by atoms with Crippen molar-refractivity contribution in [2.75, 3.05) is 44.8 Å². The molecule has 2 rings (SSSR count). The van der Waals surface area contributed by atoms with Crippen LogP contribution >= 0.6 is 23.2 Å². The fourth-order valence-corrected chi connectivity index (χ4v) is 1.42. The molecule has 2 fully saturated rings. The van der Waals surface area contributed by atoms with Crippen molar-refractivity contribution >= 4 is 35.5 Å². The maximum atomic E-state index is 11.1. The zero-order valence-corrected chi connectivity index (χ0v) is 18.3. The molecule has 0 aromatic heterocycles. The number of alkyl halides is 2. The monoisotopic (exact) mass is 464 g/mol. The number of carbonyl (C=O) groups is 1. The number of ether oxygens (including phenoxy) is 5. The van der Waals surface area contributed by atoms with E-state index in [0.29, 0.717) is 18.1 Å². The SMILES string of the molecule is CC(O)COC(CCl)COC(=O)OC(C)CO.CC1CO1.ClCC1CO1.O=C=O. The zero-order valence-electron chi connectivity index (χ0n) is 16.8. The molecule has 0 radical (unpaired) electrons. The van der Waals surface area contributed by atoms with Gasteiger partial charge in [-0.05, 0) is 20.8 Å². The Morgan fingerprint density at radius 3 is 2.00 bits per heavy atom. The number of hydrogen-bond acceptors (Lipinski definition) is 10. The van der Waals surface area contributed by atoms with Crippen LogP contribution in [0.4, 0.5) is 4.79 Å². The van der Waals surface area contributed by atoms with E-state index in [0.717, 1.165) is 13.2 Å². The molecule has 2 N–H and O–H groups in total. The second-order valence-corrected chi connectivity index (χ2v) is 6.58. The minimum atomic E-state index is -0.887. The van der Waals surface area contributed by atoms with Gasteiger partial charge in [0.1, 0.15) is 18.8 Å². The lowest BCUT2D eigenvalue weighted by molar-refractivity contribution is -0.191. The summed E-state index contributed by atoms with van der Waals surface area (Å²) in [6, 6.07) is 0. The van der Waals surface area contributed by atoms with E-state index >= 15 is 0 Å². The number of aliphatic hydroxyl groups excluding tert-OH is 2. The van der Waals surface area contributed by atoms with E-state index in [-0.39, 0.29) is 31.9 Å². The molecular formula is C17H30Cl2O10. The minimum Gasteiger partial charge on any atom is -0.431 e. The highest BCUT2D eigenvalue weighted by molar-refractivity contribution is 6.18. The lowest BCUT2D eigenvalue weighted by Gasteiger charge is -2.17. The van der Waals surface area contributed by atoms with Crippen LogP contribution in [0.15, 0.2) is 0 Å². The van der Waals surface area contributed by atoms with Crippen LogP contribution in [0.2, 0.25) is 0 Å². The van der Waals surface area contributed by atoms with Crippen molar-refractivity contribution in [1.82, 2.24) is 0 Å². The molecule has 2 aliphatic rings. The number of rotatable bonds is 9. The average Bonchev–Trinajstić information content (AvgIpc) is 3.59. The van der Waals surface area contributed by atoms with Crippen LogP contribution in [-0.4, -0.2) is 97.8 Å². The van der Waals surface area contributed by atoms with Gasteiger partial charge in [-0.2, -0.15) is 9.59 Å². The van der Waals surface area contributed by atoms with Gasteiger partial charge in [0, 0.05) is 0 Å². The van der Waals surface area contributed by atoms with E-state index in [1.165, 1.54) is 6.92 Å². The highest BCUT2D eigenvalue weighted by atomic mass is 35.5. The van der Waals surface area contributed by atoms with Gasteiger partial charge >= 0.3 is 12.3 Å². The van der Waals surface area contributed by atoms with E-state index in [4.69, 9.17) is 62.0 Å². The Balaban J connectivity index is 0. The maximum absolute atomic E-state index is 11.1. The van der Waals surface area contributed by atoms with Gasteiger partial charge in [-0.25, -0.2) is 4.79 Å². The van der Waals surface area contributed by atoms with Crippen molar-refractivity contribution in [3.63, 3.8) is 0 Å². The molecule has 0 saturated carbocycles. The molecule has 0 aromatic rings. The standard InChI is InChI=1S/C10H19ClO6.C3H5ClO.C3H6O.CO2/c1-7(13)5-15-9(3-11)6-16-10(14)17-8(2)4-12;4-1-3-2-5-3;1-3-2-4-3;2-1-3/h7-9,12-13H,3-6H2,1-2H3;3H,1-2H2;3H,2H2,1H3;. The van der Waals surface area contributed by atoms with Crippen LogP contribution in [-0.2, 0) is 33.3 Å². The van der Waals surface area contributed by atoms with E-state index in [1.807, 2.05) is 0 Å². The summed E-state index contributed by atoms with van der Waals surface area (Å²) in [6.07, 6.45) is -1.38. The van der Waals surface area contributed by atoms with Gasteiger partial charge in [0.25, 0.3) is 0 Å². The summed E-state index contributed by atoms with van der Waals surface area (Å²) in [5.74, 6) is 0.801. The summed E-state index contributed by atoms with van der Waals surface area (Å²) in [7, 11) is 0. The number of epoxide rings is 2. The van der Waals surface area contributed by atoms with Crippen molar-refractivity contribution < 1.29 is 48.3 Å². The number of halogens is 2. The highest BCUT2D eigenvalue weighted by Crippen LogP contribution is 2.08. The maximum Gasteiger partial charge on any atom is 0.508 e. The fourth-order valence-electron chi connectivity index (χ4n) is 1.06. The predicted octanol–water partition coefficient (Wildman–Crippen LogP) is 0.971. The molecule has 29 heavy (non-hydrogen) atoms. The largest absolute Gasteiger partial charge is 0.508 e. The van der Waals surface area contributed by atoms with Crippen LogP contribution in [0.1, 0.15) is 20.8 Å². The molecule has 5 atom stereocenters. The van der Waals surface area contributed by atoms with Crippen LogP contribution in [0, 0.1) is 0 Å². The normalized spacial score (nSPS) is 21.1. The first kappa shape index (κ1) is 30.2. The molecule has 0 amide bonds. The van der Waals surface area contributed by atoms with Crippen LogP contribution in [0.25, 0.3) is 0 Å². The van der Waals surface area contributed by atoms with Gasteiger partial charge < -0.3 is 33.9 Å². The second-order valence-electron chi connectivity index (χ2n) is 5.97. The molecule has 2 aliphatic heterocycles. The molecule has 2 saturated heterocycles. The van der Waals surface area contributed by atoms with Crippen molar-refractivity contribution in [2.45, 2.75) is 51.3 Å². The Morgan fingerprint density at radius 1 is 1.21 bits per heavy atom. The lowest BCUT2D eigenvalue weighted by atomic mass is 10.4. The average molecular weight is 465 g/mol. The van der Waals surface area contributed by atoms with E-state index in [9.17, 15) is 4.79 Å². The molecule has 5 unspecified atom stereocenters. The van der Waals surface area contributed by atoms with Gasteiger partial charge in [0.2, 0.25) is 0 Å². The molecular weight excluding hydrogens is 435 g/mol. The quantitative estimate of drug-likeness (QED) is 0.287. The third-order valence-corrected chi connectivity index (χ3v) is 3.45. The molecule has 172 valence electrons. The summed E-state index contributed by atoms with van der Waals surface area (Å²) >= 11 is 10.9. The van der Waals surface area contributed by atoms with Gasteiger partial charge in [-0.15, -0.1) is 23.2 Å². The van der Waals surface area contributed by atoms with E-state index < -0.39 is 24.5 Å². The summed E-state index contributed by atoms with van der Waals surface area (Å²) in [5, 5.41) is 17.6. The Kier molecular flexibility index (Phi) is 21.2. The predicted molar refractivity (Wildman–Crippen MR) is 102 cm³/mol. The second kappa shape index (κ2) is 20.3. The Labute approximate surface area is 180 Å². The molecule has 0 aromatic carbocycles. The number of hydrogen-bond donors (Lipinski definition) is 2. The Morgan fingerprint density at radius 2 is 1.72 bits per heavy atom. The summed E-state index contributed by atoms with van der Waals surface area (Å²) < 4.78 is 24.0. The van der Waals surface area contributed by atoms with E-state index in [2.05, 4.69) is 11.7 Å². The zero-order chi connectivity index (χ0) is 22.7. The topological polar surface area (TPSA) is 144 Å². The summed E-state index contributed by atoms with van der Waals surface area (Å²) in [4.78, 5) is 27.3. The van der Waals surface area contributed by atoms with Gasteiger partial charge in [-0.3, -0.25) is 0 Å². The highest BCUT2D eigenvalue weighted by Gasteiger charge is 2.19.